The van der Waals surface area contributed by atoms with Crippen molar-refractivity contribution in [3.63, 3.8) is 0 Å². The van der Waals surface area contributed by atoms with E-state index in [0.717, 1.165) is 53.0 Å². The Bertz CT molecular complexity index is 1560. The van der Waals surface area contributed by atoms with Gasteiger partial charge in [0.25, 0.3) is 11.8 Å². The molecule has 39 heavy (non-hydrogen) atoms. The summed E-state index contributed by atoms with van der Waals surface area (Å²) in [7, 11) is 0. The van der Waals surface area contributed by atoms with Crippen LogP contribution in [-0.2, 0) is 16.0 Å². The topological polar surface area (TPSA) is 88.2 Å². The predicted molar refractivity (Wildman–Crippen MR) is 150 cm³/mol. The molecular weight excluding hydrogens is 488 g/mol. The number of hydrogen-bond donors (Lipinski definition) is 0. The maximum absolute atomic E-state index is 13.6. The van der Waals surface area contributed by atoms with E-state index in [1.807, 2.05) is 49.5 Å². The molecule has 0 N–H and O–H groups in total. The van der Waals surface area contributed by atoms with Crippen LogP contribution in [0.1, 0.15) is 56.7 Å². The number of ether oxygens (including phenoxy) is 1. The molecule has 0 aliphatic carbocycles. The average Bonchev–Trinajstić information content (AvgIpc) is 3.52. The summed E-state index contributed by atoms with van der Waals surface area (Å²) in [6.45, 7) is 8.12. The van der Waals surface area contributed by atoms with Gasteiger partial charge >= 0.3 is 0 Å². The Morgan fingerprint density at radius 1 is 1.13 bits per heavy atom. The van der Waals surface area contributed by atoms with Gasteiger partial charge in [-0.3, -0.25) is 14.5 Å². The number of fused-ring (bicyclic) bond motifs is 1. The number of rotatable bonds is 7. The van der Waals surface area contributed by atoms with E-state index in [0.29, 0.717) is 29.8 Å². The molecule has 0 spiro atoms. The van der Waals surface area contributed by atoms with Crippen molar-refractivity contribution in [2.45, 2.75) is 59.5 Å². The Morgan fingerprint density at radius 3 is 2.62 bits per heavy atom. The minimum Gasteiger partial charge on any atom is -0.490 e. The van der Waals surface area contributed by atoms with Crippen molar-refractivity contribution in [2.75, 3.05) is 6.54 Å². The number of nitrogens with zero attached hydrogens (tertiary/aromatic N) is 4. The van der Waals surface area contributed by atoms with Gasteiger partial charge in [-0.05, 0) is 74.2 Å². The van der Waals surface area contributed by atoms with E-state index in [4.69, 9.17) is 9.84 Å². The van der Waals surface area contributed by atoms with Gasteiger partial charge in [-0.2, -0.15) is 10.4 Å². The number of hydrogen-bond acceptors (Lipinski definition) is 5. The van der Waals surface area contributed by atoms with Crippen LogP contribution in [0.15, 0.2) is 65.4 Å². The van der Waals surface area contributed by atoms with Gasteiger partial charge in [0.15, 0.2) is 0 Å². The number of aryl methyl sites for hydroxylation is 1. The Morgan fingerprint density at radius 2 is 1.90 bits per heavy atom. The maximum Gasteiger partial charge on any atom is 0.271 e. The van der Waals surface area contributed by atoms with Crippen LogP contribution in [0.5, 0.6) is 5.75 Å². The summed E-state index contributed by atoms with van der Waals surface area (Å²) in [6.07, 6.45) is 7.16. The van der Waals surface area contributed by atoms with Gasteiger partial charge in [-0.15, -0.1) is 0 Å². The third kappa shape index (κ3) is 4.90. The first kappa shape index (κ1) is 26.2. The van der Waals surface area contributed by atoms with Crippen LogP contribution in [0.4, 0.5) is 0 Å². The molecule has 2 aliphatic rings. The molecule has 0 radical (unpaired) electrons. The number of carbonyl (C=O) groups is 2. The number of benzene rings is 2. The number of nitriles is 1. The third-order valence-corrected chi connectivity index (χ3v) is 7.33. The minimum absolute atomic E-state index is 0.00820. The molecular formula is C32H32N4O3. The minimum atomic E-state index is -0.517. The number of imide groups is 1. The van der Waals surface area contributed by atoms with Gasteiger partial charge in [0.2, 0.25) is 0 Å². The highest BCUT2D eigenvalue weighted by Gasteiger charge is 2.35. The van der Waals surface area contributed by atoms with Crippen LogP contribution in [0.3, 0.4) is 0 Å². The summed E-state index contributed by atoms with van der Waals surface area (Å²) in [5, 5.41) is 14.7. The van der Waals surface area contributed by atoms with E-state index in [1.165, 1.54) is 4.90 Å². The molecule has 7 nitrogen and oxygen atoms in total. The van der Waals surface area contributed by atoms with Crippen molar-refractivity contribution in [3.8, 4) is 28.8 Å². The standard InChI is InChI=1S/C32H32N4O3/c1-5-6-10-13-35-31(37)27(22(4)28(18-33)32(35)38)17-25-19-36(26-11-8-7-9-12-26)34-29(25)23-14-20(2)30-24(16-23)15-21(3)39-30/h7-9,11-12,14,16-17,19,21H,5-6,10,13,15H2,1-4H3/b27-17-/t21-/m0/s1. The lowest BCUT2D eigenvalue weighted by atomic mass is 9.92. The second-order valence-electron chi connectivity index (χ2n) is 10.3. The molecule has 1 atom stereocenters. The van der Waals surface area contributed by atoms with Crippen LogP contribution < -0.4 is 4.74 Å². The van der Waals surface area contributed by atoms with Crippen LogP contribution in [0.25, 0.3) is 23.0 Å². The average molecular weight is 521 g/mol. The molecule has 3 aromatic rings. The van der Waals surface area contributed by atoms with Gasteiger partial charge in [-0.25, -0.2) is 4.68 Å². The SMILES string of the molecule is CCCCCN1C(=O)C(C#N)=C(C)/C(=C/c2cn(-c3ccccc3)nc2-c2cc(C)c3c(c2)C[C@H](C)O3)C1=O. The first-order chi connectivity index (χ1) is 18.8. The summed E-state index contributed by atoms with van der Waals surface area (Å²) in [4.78, 5) is 27.8. The van der Waals surface area contributed by atoms with Crippen LogP contribution in [0.2, 0.25) is 0 Å². The summed E-state index contributed by atoms with van der Waals surface area (Å²) in [6, 6.07) is 16.0. The summed E-state index contributed by atoms with van der Waals surface area (Å²) >= 11 is 0. The molecule has 2 aliphatic heterocycles. The quantitative estimate of drug-likeness (QED) is 0.218. The molecule has 2 aromatic carbocycles. The van der Waals surface area contributed by atoms with Gasteiger partial charge in [-0.1, -0.05) is 38.0 Å². The van der Waals surface area contributed by atoms with E-state index in [1.54, 1.807) is 17.7 Å². The second-order valence-corrected chi connectivity index (χ2v) is 10.3. The predicted octanol–water partition coefficient (Wildman–Crippen LogP) is 5.95. The fraction of sp³-hybridized carbons (Fsp3) is 0.312. The molecule has 3 heterocycles. The monoisotopic (exact) mass is 520 g/mol. The fourth-order valence-electron chi connectivity index (χ4n) is 5.29. The van der Waals surface area contributed by atoms with Crippen molar-refractivity contribution in [1.29, 1.82) is 5.26 Å². The van der Waals surface area contributed by atoms with E-state index in [9.17, 15) is 14.9 Å². The van der Waals surface area contributed by atoms with Gasteiger partial charge in [0, 0.05) is 35.9 Å². The number of aromatic nitrogens is 2. The fourth-order valence-corrected chi connectivity index (χ4v) is 5.29. The van der Waals surface area contributed by atoms with Crippen molar-refractivity contribution in [2.24, 2.45) is 0 Å². The normalized spacial score (nSPS) is 18.0. The molecule has 7 heteroatoms. The highest BCUT2D eigenvalue weighted by Crippen LogP contribution is 2.38. The Balaban J connectivity index is 1.66. The van der Waals surface area contributed by atoms with Crippen molar-refractivity contribution in [3.05, 3.63) is 82.1 Å². The molecule has 0 saturated heterocycles. The smallest absolute Gasteiger partial charge is 0.271 e. The van der Waals surface area contributed by atoms with E-state index in [2.05, 4.69) is 26.0 Å². The maximum atomic E-state index is 13.6. The van der Waals surface area contributed by atoms with Gasteiger partial charge in [0.1, 0.15) is 23.5 Å². The molecule has 0 fully saturated rings. The summed E-state index contributed by atoms with van der Waals surface area (Å²) in [5.74, 6) is 0.0324. The first-order valence-electron chi connectivity index (χ1n) is 13.5. The lowest BCUT2D eigenvalue weighted by Crippen LogP contribution is -2.43. The van der Waals surface area contributed by atoms with Crippen molar-refractivity contribution in [1.82, 2.24) is 14.7 Å². The first-order valence-corrected chi connectivity index (χ1v) is 13.5. The van der Waals surface area contributed by atoms with E-state index < -0.39 is 5.91 Å². The highest BCUT2D eigenvalue weighted by molar-refractivity contribution is 6.19. The molecule has 0 unspecified atom stereocenters. The Kier molecular flexibility index (Phi) is 7.21. The van der Waals surface area contributed by atoms with E-state index in [-0.39, 0.29) is 17.6 Å². The number of para-hydroxylation sites is 1. The molecule has 0 saturated carbocycles. The zero-order valence-electron chi connectivity index (χ0n) is 22.8. The van der Waals surface area contributed by atoms with Crippen LogP contribution in [0, 0.1) is 18.3 Å². The number of unbranched alkanes of at least 4 members (excludes halogenated alkanes) is 2. The van der Waals surface area contributed by atoms with Gasteiger partial charge < -0.3 is 4.74 Å². The Hall–Kier alpha value is -4.44. The molecule has 0 bridgehead atoms. The Labute approximate surface area is 229 Å². The molecule has 1 aromatic heterocycles. The summed E-state index contributed by atoms with van der Waals surface area (Å²) in [5.41, 5.74) is 6.16. The van der Waals surface area contributed by atoms with Crippen LogP contribution >= 0.6 is 0 Å². The largest absolute Gasteiger partial charge is 0.490 e. The second kappa shape index (κ2) is 10.7. The zero-order valence-corrected chi connectivity index (χ0v) is 22.8. The highest BCUT2D eigenvalue weighted by atomic mass is 16.5. The van der Waals surface area contributed by atoms with E-state index >= 15 is 0 Å². The summed E-state index contributed by atoms with van der Waals surface area (Å²) < 4.78 is 7.81. The van der Waals surface area contributed by atoms with Crippen molar-refractivity contribution >= 4 is 17.9 Å². The van der Waals surface area contributed by atoms with Crippen LogP contribution in [-0.4, -0.2) is 39.1 Å². The van der Waals surface area contributed by atoms with Crippen molar-refractivity contribution < 1.29 is 14.3 Å². The lowest BCUT2D eigenvalue weighted by Gasteiger charge is -2.27. The number of amides is 2. The lowest BCUT2D eigenvalue weighted by molar-refractivity contribution is -0.140. The molecule has 2 amide bonds. The number of carbonyl (C=O) groups excluding carboxylic acids is 2. The molecule has 198 valence electrons. The molecule has 5 rings (SSSR count). The van der Waals surface area contributed by atoms with Gasteiger partial charge in [0.05, 0.1) is 11.4 Å². The zero-order chi connectivity index (χ0) is 27.7. The third-order valence-electron chi connectivity index (χ3n) is 7.33.